The lowest BCUT2D eigenvalue weighted by Gasteiger charge is -2.12. The van der Waals surface area contributed by atoms with Crippen LogP contribution in [0.3, 0.4) is 0 Å². The van der Waals surface area contributed by atoms with Gasteiger partial charge in [-0.3, -0.25) is 9.69 Å². The Bertz CT molecular complexity index is 928. The average molecular weight is 431 g/mol. The number of hydrogen-bond acceptors (Lipinski definition) is 4. The molecule has 152 valence electrons. The van der Waals surface area contributed by atoms with Gasteiger partial charge in [0.25, 0.3) is 5.91 Å². The molecule has 0 saturated carbocycles. The molecule has 1 amide bonds. The van der Waals surface area contributed by atoms with Crippen molar-refractivity contribution in [2.24, 2.45) is 0 Å². The Morgan fingerprint density at radius 2 is 1.97 bits per heavy atom. The predicted octanol–water partition coefficient (Wildman–Crippen LogP) is 4.79. The van der Waals surface area contributed by atoms with E-state index in [9.17, 15) is 4.79 Å². The highest BCUT2D eigenvalue weighted by Gasteiger charge is 2.29. The molecule has 29 heavy (non-hydrogen) atoms. The minimum Gasteiger partial charge on any atom is -0.496 e. The second-order valence-electron chi connectivity index (χ2n) is 6.61. The van der Waals surface area contributed by atoms with Crippen molar-refractivity contribution in [2.75, 3.05) is 13.7 Å². The minimum atomic E-state index is -0.0989. The third-order valence-electron chi connectivity index (χ3n) is 4.52. The Kier molecular flexibility index (Phi) is 7.12. The van der Waals surface area contributed by atoms with Gasteiger partial charge in [0.15, 0.2) is 5.11 Å². The van der Waals surface area contributed by atoms with Crippen molar-refractivity contribution < 1.29 is 14.3 Å². The molecule has 0 spiro atoms. The highest BCUT2D eigenvalue weighted by Crippen LogP contribution is 2.25. The van der Waals surface area contributed by atoms with Crippen LogP contribution in [0.4, 0.5) is 0 Å². The van der Waals surface area contributed by atoms with Crippen LogP contribution in [-0.2, 0) is 11.4 Å². The molecule has 2 aromatic carbocycles. The summed E-state index contributed by atoms with van der Waals surface area (Å²) in [5, 5.41) is 4.13. The van der Waals surface area contributed by atoms with Gasteiger partial charge in [0.2, 0.25) is 0 Å². The number of benzene rings is 2. The molecular formula is C22H23ClN2O3S. The van der Waals surface area contributed by atoms with Gasteiger partial charge in [0.05, 0.1) is 7.11 Å². The van der Waals surface area contributed by atoms with Crippen LogP contribution in [0.15, 0.2) is 48.2 Å². The average Bonchev–Trinajstić information content (AvgIpc) is 2.98. The first-order valence-electron chi connectivity index (χ1n) is 9.41. The lowest BCUT2D eigenvalue weighted by molar-refractivity contribution is -0.122. The minimum absolute atomic E-state index is 0.0989. The maximum absolute atomic E-state index is 12.6. The third kappa shape index (κ3) is 5.28. The number of ether oxygens (including phenoxy) is 2. The lowest BCUT2D eigenvalue weighted by Crippen LogP contribution is -2.31. The van der Waals surface area contributed by atoms with E-state index in [-0.39, 0.29) is 5.91 Å². The molecule has 1 heterocycles. The highest BCUT2D eigenvalue weighted by molar-refractivity contribution is 7.80. The SMILES string of the molecule is CCCCN1C(=O)/C(=C\c2ccc(OC)c(COc3ccc(Cl)cc3)c2)NC1=S. The Morgan fingerprint density at radius 3 is 2.66 bits per heavy atom. The molecule has 0 radical (unpaired) electrons. The Labute approximate surface area is 181 Å². The number of rotatable bonds is 8. The van der Waals surface area contributed by atoms with Crippen molar-refractivity contribution in [2.45, 2.75) is 26.4 Å². The molecule has 1 saturated heterocycles. The van der Waals surface area contributed by atoms with E-state index >= 15 is 0 Å². The molecule has 0 aromatic heterocycles. The largest absolute Gasteiger partial charge is 0.496 e. The van der Waals surface area contributed by atoms with E-state index in [4.69, 9.17) is 33.3 Å². The number of methoxy groups -OCH3 is 1. The summed E-state index contributed by atoms with van der Waals surface area (Å²) in [5.74, 6) is 1.33. The van der Waals surface area contributed by atoms with Crippen molar-refractivity contribution in [1.29, 1.82) is 0 Å². The van der Waals surface area contributed by atoms with Crippen LogP contribution in [0.5, 0.6) is 11.5 Å². The summed E-state index contributed by atoms with van der Waals surface area (Å²) in [4.78, 5) is 14.2. The topological polar surface area (TPSA) is 50.8 Å². The monoisotopic (exact) mass is 430 g/mol. The van der Waals surface area contributed by atoms with E-state index < -0.39 is 0 Å². The number of carbonyl (C=O) groups is 1. The summed E-state index contributed by atoms with van der Waals surface area (Å²) >= 11 is 11.2. The van der Waals surface area contributed by atoms with Crippen molar-refractivity contribution >= 4 is 40.9 Å². The first-order valence-corrected chi connectivity index (χ1v) is 10.2. The smallest absolute Gasteiger partial charge is 0.276 e. The number of halogens is 1. The predicted molar refractivity (Wildman–Crippen MR) is 119 cm³/mol. The fraction of sp³-hybridized carbons (Fsp3) is 0.273. The fourth-order valence-electron chi connectivity index (χ4n) is 2.95. The molecule has 2 aromatic rings. The van der Waals surface area contributed by atoms with Crippen LogP contribution in [0.25, 0.3) is 6.08 Å². The Balaban J connectivity index is 1.77. The van der Waals surface area contributed by atoms with Crippen molar-refractivity contribution in [1.82, 2.24) is 10.2 Å². The zero-order chi connectivity index (χ0) is 20.8. The zero-order valence-corrected chi connectivity index (χ0v) is 18.0. The van der Waals surface area contributed by atoms with Crippen LogP contribution in [0.1, 0.15) is 30.9 Å². The Morgan fingerprint density at radius 1 is 1.21 bits per heavy atom. The summed E-state index contributed by atoms with van der Waals surface area (Å²) in [6.07, 6.45) is 3.71. The number of unbranched alkanes of at least 4 members (excludes halogenated alkanes) is 1. The number of amides is 1. The summed E-state index contributed by atoms with van der Waals surface area (Å²) in [6, 6.07) is 12.9. The quantitative estimate of drug-likeness (QED) is 0.482. The van der Waals surface area contributed by atoms with Crippen LogP contribution in [0, 0.1) is 0 Å². The van der Waals surface area contributed by atoms with Gasteiger partial charge >= 0.3 is 0 Å². The number of carbonyl (C=O) groups excluding carboxylic acids is 1. The van der Waals surface area contributed by atoms with Gasteiger partial charge in [-0.25, -0.2) is 0 Å². The third-order valence-corrected chi connectivity index (χ3v) is 5.10. The van der Waals surface area contributed by atoms with Gasteiger partial charge < -0.3 is 14.8 Å². The molecule has 1 aliphatic rings. The van der Waals surface area contributed by atoms with Crippen molar-refractivity contribution in [3.8, 4) is 11.5 Å². The number of hydrogen-bond donors (Lipinski definition) is 1. The molecule has 7 heteroatoms. The molecule has 0 bridgehead atoms. The second kappa shape index (κ2) is 9.76. The normalized spacial score (nSPS) is 15.0. The van der Waals surface area contributed by atoms with Gasteiger partial charge in [0.1, 0.15) is 23.8 Å². The van der Waals surface area contributed by atoms with E-state index in [0.29, 0.717) is 40.5 Å². The summed E-state index contributed by atoms with van der Waals surface area (Å²) in [6.45, 7) is 3.03. The fourth-order valence-corrected chi connectivity index (χ4v) is 3.36. The molecule has 1 aliphatic heterocycles. The molecule has 0 unspecified atom stereocenters. The van der Waals surface area contributed by atoms with E-state index in [0.717, 1.165) is 24.0 Å². The molecule has 0 aliphatic carbocycles. The van der Waals surface area contributed by atoms with Crippen molar-refractivity contribution in [3.05, 3.63) is 64.3 Å². The maximum atomic E-state index is 12.6. The zero-order valence-electron chi connectivity index (χ0n) is 16.4. The standard InChI is InChI=1S/C22H23ClN2O3S/c1-3-4-11-25-21(26)19(24-22(25)29)13-15-5-10-20(27-2)16(12-15)14-28-18-8-6-17(23)7-9-18/h5-10,12-13H,3-4,11,14H2,1-2H3,(H,24,29)/b19-13+. The molecule has 5 nitrogen and oxygen atoms in total. The van der Waals surface area contributed by atoms with Crippen LogP contribution in [-0.4, -0.2) is 29.6 Å². The van der Waals surface area contributed by atoms with E-state index in [1.54, 1.807) is 30.2 Å². The summed E-state index contributed by atoms with van der Waals surface area (Å²) in [7, 11) is 1.62. The van der Waals surface area contributed by atoms with Crippen LogP contribution >= 0.6 is 23.8 Å². The molecule has 1 N–H and O–H groups in total. The molecular weight excluding hydrogens is 408 g/mol. The summed E-state index contributed by atoms with van der Waals surface area (Å²) in [5.41, 5.74) is 2.20. The second-order valence-corrected chi connectivity index (χ2v) is 7.44. The van der Waals surface area contributed by atoms with E-state index in [1.165, 1.54) is 0 Å². The first kappa shape index (κ1) is 21.1. The van der Waals surface area contributed by atoms with Crippen molar-refractivity contribution in [3.63, 3.8) is 0 Å². The van der Waals surface area contributed by atoms with E-state index in [2.05, 4.69) is 12.2 Å². The highest BCUT2D eigenvalue weighted by atomic mass is 35.5. The lowest BCUT2D eigenvalue weighted by atomic mass is 10.1. The van der Waals surface area contributed by atoms with Gasteiger partial charge in [-0.1, -0.05) is 31.0 Å². The van der Waals surface area contributed by atoms with E-state index in [1.807, 2.05) is 30.3 Å². The maximum Gasteiger partial charge on any atom is 0.276 e. The number of nitrogens with zero attached hydrogens (tertiary/aromatic N) is 1. The Hall–Kier alpha value is -2.57. The van der Waals surface area contributed by atoms with Gasteiger partial charge in [-0.2, -0.15) is 0 Å². The molecule has 3 rings (SSSR count). The van der Waals surface area contributed by atoms with Crippen LogP contribution < -0.4 is 14.8 Å². The number of thiocarbonyl (C=S) groups is 1. The van der Waals surface area contributed by atoms with Crippen LogP contribution in [0.2, 0.25) is 5.02 Å². The summed E-state index contributed by atoms with van der Waals surface area (Å²) < 4.78 is 11.3. The molecule has 0 atom stereocenters. The number of nitrogens with one attached hydrogen (secondary N) is 1. The molecule has 1 fully saturated rings. The first-order chi connectivity index (χ1) is 14.0. The van der Waals surface area contributed by atoms with Gasteiger partial charge in [-0.05, 0) is 66.7 Å². The van der Waals surface area contributed by atoms with Gasteiger partial charge in [0, 0.05) is 17.1 Å². The van der Waals surface area contributed by atoms with Gasteiger partial charge in [-0.15, -0.1) is 0 Å².